The SMILES string of the molecule is O=C1Cc2ccc(F)cc2C1c1ncnc2c1cnn2C1CCCC1. The molecule has 0 aliphatic heterocycles. The van der Waals surface area contributed by atoms with Crippen molar-refractivity contribution in [1.29, 1.82) is 0 Å². The van der Waals surface area contributed by atoms with Gasteiger partial charge in [-0.05, 0) is 36.1 Å². The van der Waals surface area contributed by atoms with Crippen LogP contribution in [0.3, 0.4) is 0 Å². The van der Waals surface area contributed by atoms with Gasteiger partial charge in [0.15, 0.2) is 11.4 Å². The molecule has 0 N–H and O–H groups in total. The summed E-state index contributed by atoms with van der Waals surface area (Å²) < 4.78 is 15.7. The van der Waals surface area contributed by atoms with Crippen LogP contribution in [0.25, 0.3) is 11.0 Å². The van der Waals surface area contributed by atoms with Gasteiger partial charge in [-0.25, -0.2) is 19.0 Å². The van der Waals surface area contributed by atoms with Crippen molar-refractivity contribution in [2.24, 2.45) is 0 Å². The fourth-order valence-corrected chi connectivity index (χ4v) is 4.29. The van der Waals surface area contributed by atoms with E-state index in [1.807, 2.05) is 4.68 Å². The maximum Gasteiger partial charge on any atom is 0.161 e. The highest BCUT2D eigenvalue weighted by molar-refractivity contribution is 5.98. The molecule has 1 fully saturated rings. The van der Waals surface area contributed by atoms with Crippen LogP contribution in [0.5, 0.6) is 0 Å². The monoisotopic (exact) mass is 336 g/mol. The Hall–Kier alpha value is -2.63. The summed E-state index contributed by atoms with van der Waals surface area (Å²) >= 11 is 0. The Bertz CT molecular complexity index is 990. The Morgan fingerprint density at radius 2 is 2.00 bits per heavy atom. The molecule has 2 aromatic heterocycles. The molecule has 0 bridgehead atoms. The first kappa shape index (κ1) is 14.7. The second-order valence-corrected chi connectivity index (χ2v) is 6.94. The van der Waals surface area contributed by atoms with Crippen LogP contribution < -0.4 is 0 Å². The molecule has 5 rings (SSSR count). The Morgan fingerprint density at radius 3 is 2.84 bits per heavy atom. The van der Waals surface area contributed by atoms with Gasteiger partial charge in [0.2, 0.25) is 0 Å². The Kier molecular flexibility index (Phi) is 3.20. The molecule has 1 atom stereocenters. The van der Waals surface area contributed by atoms with Gasteiger partial charge in [-0.3, -0.25) is 4.79 Å². The Morgan fingerprint density at radius 1 is 1.16 bits per heavy atom. The van der Waals surface area contributed by atoms with Crippen LogP contribution in [-0.2, 0) is 11.2 Å². The van der Waals surface area contributed by atoms with Gasteiger partial charge in [0.05, 0.1) is 29.2 Å². The lowest BCUT2D eigenvalue weighted by molar-refractivity contribution is -0.118. The fraction of sp³-hybridized carbons (Fsp3) is 0.368. The number of hydrogen-bond donors (Lipinski definition) is 0. The number of carbonyl (C=O) groups excluding carboxylic acids is 1. The molecule has 25 heavy (non-hydrogen) atoms. The van der Waals surface area contributed by atoms with E-state index in [0.29, 0.717) is 18.2 Å². The number of halogens is 1. The van der Waals surface area contributed by atoms with Gasteiger partial charge < -0.3 is 0 Å². The topological polar surface area (TPSA) is 60.7 Å². The van der Waals surface area contributed by atoms with E-state index in [4.69, 9.17) is 0 Å². The summed E-state index contributed by atoms with van der Waals surface area (Å²) in [7, 11) is 0. The summed E-state index contributed by atoms with van der Waals surface area (Å²) in [6.45, 7) is 0. The quantitative estimate of drug-likeness (QED) is 0.720. The number of Topliss-reactive ketones (excluding diaryl/α,β-unsaturated/α-hetero) is 1. The van der Waals surface area contributed by atoms with Crippen molar-refractivity contribution in [1.82, 2.24) is 19.7 Å². The number of hydrogen-bond acceptors (Lipinski definition) is 4. The van der Waals surface area contributed by atoms with Crippen molar-refractivity contribution in [2.45, 2.75) is 44.1 Å². The average Bonchev–Trinajstić information content (AvgIpc) is 3.31. The summed E-state index contributed by atoms with van der Waals surface area (Å²) in [4.78, 5) is 21.5. The van der Waals surface area contributed by atoms with Crippen LogP contribution in [0, 0.1) is 5.82 Å². The van der Waals surface area contributed by atoms with Crippen molar-refractivity contribution >= 4 is 16.8 Å². The number of fused-ring (bicyclic) bond motifs is 2. The van der Waals surface area contributed by atoms with E-state index in [1.165, 1.54) is 31.3 Å². The second-order valence-electron chi connectivity index (χ2n) is 6.94. The molecule has 1 unspecified atom stereocenters. The molecule has 0 spiro atoms. The standard InChI is InChI=1S/C19H17FN4O/c20-12-6-5-11-7-16(25)17(14(11)8-12)18-15-9-23-24(13-3-1-2-4-13)19(15)22-10-21-18/h5-6,8-10,13,17H,1-4,7H2. The van der Waals surface area contributed by atoms with Crippen LogP contribution >= 0.6 is 0 Å². The van der Waals surface area contributed by atoms with Crippen molar-refractivity contribution in [3.8, 4) is 0 Å². The van der Waals surface area contributed by atoms with Crippen LogP contribution in [0.1, 0.15) is 54.5 Å². The predicted molar refractivity (Wildman–Crippen MR) is 89.8 cm³/mol. The lowest BCUT2D eigenvalue weighted by Crippen LogP contribution is -2.12. The van der Waals surface area contributed by atoms with Crippen molar-refractivity contribution in [3.63, 3.8) is 0 Å². The van der Waals surface area contributed by atoms with Gasteiger partial charge in [-0.2, -0.15) is 5.10 Å². The number of aromatic nitrogens is 4. The summed E-state index contributed by atoms with van der Waals surface area (Å²) in [5.74, 6) is -0.808. The van der Waals surface area contributed by atoms with E-state index in [9.17, 15) is 9.18 Å². The lowest BCUT2D eigenvalue weighted by Gasteiger charge is -2.13. The molecule has 2 aliphatic rings. The van der Waals surface area contributed by atoms with E-state index >= 15 is 0 Å². The van der Waals surface area contributed by atoms with Crippen LogP contribution in [0.2, 0.25) is 0 Å². The molecule has 2 heterocycles. The molecule has 0 radical (unpaired) electrons. The predicted octanol–water partition coefficient (Wildman–Crippen LogP) is 3.34. The van der Waals surface area contributed by atoms with Crippen molar-refractivity contribution in [2.75, 3.05) is 0 Å². The highest BCUT2D eigenvalue weighted by Crippen LogP contribution is 2.38. The summed E-state index contributed by atoms with van der Waals surface area (Å²) in [5.41, 5.74) is 3.02. The zero-order chi connectivity index (χ0) is 17.0. The minimum Gasteiger partial charge on any atom is -0.298 e. The molecule has 6 heteroatoms. The zero-order valence-corrected chi connectivity index (χ0v) is 13.7. The van der Waals surface area contributed by atoms with Gasteiger partial charge >= 0.3 is 0 Å². The summed E-state index contributed by atoms with van der Waals surface area (Å²) in [6, 6.07) is 4.93. The van der Waals surface area contributed by atoms with Gasteiger partial charge in [0.1, 0.15) is 12.1 Å². The van der Waals surface area contributed by atoms with Crippen LogP contribution in [0.4, 0.5) is 4.39 Å². The maximum absolute atomic E-state index is 13.7. The fourth-order valence-electron chi connectivity index (χ4n) is 4.29. The van der Waals surface area contributed by atoms with E-state index in [2.05, 4.69) is 15.1 Å². The van der Waals surface area contributed by atoms with E-state index in [0.717, 1.165) is 35.0 Å². The summed E-state index contributed by atoms with van der Waals surface area (Å²) in [5, 5.41) is 5.33. The second kappa shape index (κ2) is 5.44. The van der Waals surface area contributed by atoms with Gasteiger partial charge in [0.25, 0.3) is 0 Å². The maximum atomic E-state index is 13.7. The van der Waals surface area contributed by atoms with Gasteiger partial charge in [-0.15, -0.1) is 0 Å². The molecule has 0 saturated heterocycles. The third kappa shape index (κ3) is 2.20. The van der Waals surface area contributed by atoms with Crippen molar-refractivity contribution < 1.29 is 9.18 Å². The van der Waals surface area contributed by atoms with Crippen molar-refractivity contribution in [3.05, 3.63) is 53.4 Å². The number of rotatable bonds is 2. The normalized spacial score (nSPS) is 20.5. The van der Waals surface area contributed by atoms with E-state index in [1.54, 1.807) is 12.3 Å². The average molecular weight is 336 g/mol. The minimum absolute atomic E-state index is 0.0502. The summed E-state index contributed by atoms with van der Waals surface area (Å²) in [6.07, 6.45) is 8.19. The zero-order valence-electron chi connectivity index (χ0n) is 13.7. The molecular formula is C19H17FN4O. The molecule has 2 aliphatic carbocycles. The number of benzene rings is 1. The molecule has 126 valence electrons. The van der Waals surface area contributed by atoms with Crippen LogP contribution in [-0.4, -0.2) is 25.5 Å². The van der Waals surface area contributed by atoms with E-state index < -0.39 is 5.92 Å². The Balaban J connectivity index is 1.67. The molecular weight excluding hydrogens is 319 g/mol. The van der Waals surface area contributed by atoms with Gasteiger partial charge in [-0.1, -0.05) is 18.9 Å². The number of nitrogens with zero attached hydrogens (tertiary/aromatic N) is 4. The molecule has 1 saturated carbocycles. The first-order chi connectivity index (χ1) is 12.2. The smallest absolute Gasteiger partial charge is 0.161 e. The third-order valence-electron chi connectivity index (χ3n) is 5.47. The van der Waals surface area contributed by atoms with Crippen LogP contribution in [0.15, 0.2) is 30.7 Å². The first-order valence-electron chi connectivity index (χ1n) is 8.71. The number of ketones is 1. The van der Waals surface area contributed by atoms with Gasteiger partial charge in [0, 0.05) is 6.42 Å². The third-order valence-corrected chi connectivity index (χ3v) is 5.47. The molecule has 1 aromatic carbocycles. The molecule has 0 amide bonds. The van der Waals surface area contributed by atoms with E-state index in [-0.39, 0.29) is 11.6 Å². The number of carbonyl (C=O) groups is 1. The largest absolute Gasteiger partial charge is 0.298 e. The Labute approximate surface area is 143 Å². The highest BCUT2D eigenvalue weighted by Gasteiger charge is 2.35. The molecule has 3 aromatic rings. The molecule has 5 nitrogen and oxygen atoms in total. The minimum atomic E-state index is -0.530. The lowest BCUT2D eigenvalue weighted by atomic mass is 9.95. The first-order valence-corrected chi connectivity index (χ1v) is 8.71. The highest BCUT2D eigenvalue weighted by atomic mass is 19.1.